The lowest BCUT2D eigenvalue weighted by Crippen LogP contribution is -2.42. The molecule has 1 aromatic heterocycles. The molecule has 7 heteroatoms. The zero-order valence-corrected chi connectivity index (χ0v) is 26.4. The normalized spacial score (nSPS) is 17.1. The molecule has 228 valence electrons. The van der Waals surface area contributed by atoms with E-state index in [0.29, 0.717) is 6.54 Å². The standard InChI is InChI=1S/C36H44N2O5/c1-22-25-11-9-19-42-30(25)18-17-26(22)32-31-27-10-7-8-12-28(27)38(20-23-13-15-24(41-6)16-14-23)29(31)21-37(5)33(32)34(35(39)40)43-36(2,3)4/h13-18,34H,7-12,19-21H2,1-6H3,(H,39,40). The fraction of sp³-hybridized carbons (Fsp3) is 0.472. The third-order valence-corrected chi connectivity index (χ3v) is 9.08. The van der Waals surface area contributed by atoms with E-state index in [9.17, 15) is 9.90 Å². The molecule has 7 nitrogen and oxygen atoms in total. The van der Waals surface area contributed by atoms with E-state index in [0.717, 1.165) is 80.0 Å². The maximum Gasteiger partial charge on any atom is 0.339 e. The predicted molar refractivity (Wildman–Crippen MR) is 168 cm³/mol. The minimum absolute atomic E-state index is 0.613. The van der Waals surface area contributed by atoms with Crippen molar-refractivity contribution in [1.29, 1.82) is 0 Å². The minimum atomic E-state index is -1.11. The van der Waals surface area contributed by atoms with Crippen molar-refractivity contribution in [1.82, 2.24) is 9.47 Å². The molecule has 1 N–H and O–H groups in total. The van der Waals surface area contributed by atoms with Crippen LogP contribution in [0, 0.1) is 6.92 Å². The van der Waals surface area contributed by atoms with Crippen LogP contribution in [0.25, 0.3) is 5.57 Å². The van der Waals surface area contributed by atoms with Gasteiger partial charge < -0.3 is 28.8 Å². The molecule has 0 radical (unpaired) electrons. The van der Waals surface area contributed by atoms with Crippen molar-refractivity contribution in [2.75, 3.05) is 20.8 Å². The molecular weight excluding hydrogens is 540 g/mol. The van der Waals surface area contributed by atoms with E-state index < -0.39 is 17.7 Å². The van der Waals surface area contributed by atoms with Gasteiger partial charge in [0, 0.05) is 36.1 Å². The van der Waals surface area contributed by atoms with Gasteiger partial charge in [0.15, 0.2) is 6.10 Å². The van der Waals surface area contributed by atoms with Crippen LogP contribution in [0.2, 0.25) is 0 Å². The van der Waals surface area contributed by atoms with E-state index in [1.165, 1.54) is 39.2 Å². The van der Waals surface area contributed by atoms with Crippen LogP contribution in [-0.2, 0) is 41.9 Å². The lowest BCUT2D eigenvalue weighted by atomic mass is 9.81. The number of aliphatic carboxylic acids is 1. The summed E-state index contributed by atoms with van der Waals surface area (Å²) in [7, 11) is 3.71. The van der Waals surface area contributed by atoms with Crippen LogP contribution >= 0.6 is 0 Å². The summed E-state index contributed by atoms with van der Waals surface area (Å²) in [5.74, 6) is 0.822. The first kappa shape index (κ1) is 29.4. The summed E-state index contributed by atoms with van der Waals surface area (Å²) in [5.41, 5.74) is 11.0. The number of methoxy groups -OCH3 is 1. The first-order valence-electron chi connectivity index (χ1n) is 15.6. The zero-order chi connectivity index (χ0) is 30.5. The highest BCUT2D eigenvalue weighted by Gasteiger charge is 2.40. The molecule has 3 heterocycles. The molecule has 3 aliphatic rings. The van der Waals surface area contributed by atoms with Crippen LogP contribution in [0.5, 0.6) is 11.5 Å². The van der Waals surface area contributed by atoms with Crippen LogP contribution < -0.4 is 9.47 Å². The smallest absolute Gasteiger partial charge is 0.339 e. The van der Waals surface area contributed by atoms with Gasteiger partial charge in [-0.25, -0.2) is 4.79 Å². The zero-order valence-electron chi connectivity index (χ0n) is 26.4. The Morgan fingerprint density at radius 3 is 2.42 bits per heavy atom. The molecule has 1 aliphatic carbocycles. The highest BCUT2D eigenvalue weighted by molar-refractivity contribution is 5.92. The van der Waals surface area contributed by atoms with Gasteiger partial charge in [-0.2, -0.15) is 0 Å². The van der Waals surface area contributed by atoms with Crippen molar-refractivity contribution in [2.24, 2.45) is 0 Å². The largest absolute Gasteiger partial charge is 0.497 e. The molecule has 0 saturated carbocycles. The number of nitrogens with zero attached hydrogens (tertiary/aromatic N) is 2. The minimum Gasteiger partial charge on any atom is -0.497 e. The Labute approximate surface area is 255 Å². The molecule has 0 saturated heterocycles. The average molecular weight is 585 g/mol. The van der Waals surface area contributed by atoms with Gasteiger partial charge in [-0.3, -0.25) is 0 Å². The summed E-state index contributed by atoms with van der Waals surface area (Å²) in [5, 5.41) is 10.6. The number of aromatic nitrogens is 1. The average Bonchev–Trinajstić information content (AvgIpc) is 3.28. The summed E-state index contributed by atoms with van der Waals surface area (Å²) >= 11 is 0. The highest BCUT2D eigenvalue weighted by atomic mass is 16.5. The Bertz CT molecular complexity index is 1570. The maximum absolute atomic E-state index is 13.0. The van der Waals surface area contributed by atoms with Crippen molar-refractivity contribution in [3.63, 3.8) is 0 Å². The quantitative estimate of drug-likeness (QED) is 0.341. The molecule has 0 amide bonds. The van der Waals surface area contributed by atoms with Gasteiger partial charge in [0.1, 0.15) is 11.5 Å². The number of likely N-dealkylation sites (N-methyl/N-ethyl adjacent to an activating group) is 1. The third-order valence-electron chi connectivity index (χ3n) is 9.08. The SMILES string of the molecule is COc1ccc(Cn2c3c(c4c2CN(C)C(C(OC(C)(C)C)C(=O)O)=C4c2ccc4c(c2C)CCCO4)CCCC3)cc1. The number of fused-ring (bicyclic) bond motifs is 4. The first-order valence-corrected chi connectivity index (χ1v) is 15.6. The van der Waals surface area contributed by atoms with E-state index >= 15 is 0 Å². The van der Waals surface area contributed by atoms with Crippen molar-refractivity contribution in [3.05, 3.63) is 86.9 Å². The molecule has 2 aliphatic heterocycles. The van der Waals surface area contributed by atoms with Gasteiger partial charge in [0.2, 0.25) is 0 Å². The monoisotopic (exact) mass is 584 g/mol. The Morgan fingerprint density at radius 1 is 1.00 bits per heavy atom. The highest BCUT2D eigenvalue weighted by Crippen LogP contribution is 2.47. The van der Waals surface area contributed by atoms with Gasteiger partial charge in [-0.05, 0) is 112 Å². The van der Waals surface area contributed by atoms with Crippen LogP contribution in [0.15, 0.2) is 42.1 Å². The number of ether oxygens (including phenoxy) is 3. The molecule has 2 aromatic carbocycles. The van der Waals surface area contributed by atoms with E-state index in [1.807, 2.05) is 40.0 Å². The summed E-state index contributed by atoms with van der Waals surface area (Å²) in [4.78, 5) is 15.1. The second-order valence-electron chi connectivity index (χ2n) is 13.1. The lowest BCUT2D eigenvalue weighted by Gasteiger charge is -2.38. The summed E-state index contributed by atoms with van der Waals surface area (Å²) in [6, 6.07) is 12.5. The first-order chi connectivity index (χ1) is 20.6. The fourth-order valence-electron chi connectivity index (χ4n) is 7.18. The molecule has 43 heavy (non-hydrogen) atoms. The van der Waals surface area contributed by atoms with Crippen LogP contribution in [0.3, 0.4) is 0 Å². The van der Waals surface area contributed by atoms with Crippen molar-refractivity contribution in [2.45, 2.75) is 91.0 Å². The number of hydrogen-bond acceptors (Lipinski definition) is 5. The lowest BCUT2D eigenvalue weighted by molar-refractivity contribution is -0.157. The molecule has 0 spiro atoms. The van der Waals surface area contributed by atoms with Crippen LogP contribution in [0.4, 0.5) is 0 Å². The number of carboxylic acid groups (broad SMARTS) is 1. The molecular formula is C36H44N2O5. The van der Waals surface area contributed by atoms with Crippen molar-refractivity contribution < 1.29 is 24.1 Å². The Morgan fingerprint density at radius 2 is 1.72 bits per heavy atom. The van der Waals surface area contributed by atoms with E-state index in [4.69, 9.17) is 14.2 Å². The fourth-order valence-corrected chi connectivity index (χ4v) is 7.18. The topological polar surface area (TPSA) is 73.2 Å². The molecule has 0 fully saturated rings. The molecule has 0 bridgehead atoms. The summed E-state index contributed by atoms with van der Waals surface area (Å²) in [6.07, 6.45) is 5.11. The number of carboxylic acids is 1. The summed E-state index contributed by atoms with van der Waals surface area (Å²) < 4.78 is 20.3. The van der Waals surface area contributed by atoms with Crippen LogP contribution in [-0.4, -0.2) is 53.0 Å². The summed E-state index contributed by atoms with van der Waals surface area (Å²) in [6.45, 7) is 10.0. The Kier molecular flexibility index (Phi) is 7.80. The Hall–Kier alpha value is -3.71. The van der Waals surface area contributed by atoms with Gasteiger partial charge in [0.25, 0.3) is 0 Å². The Balaban J connectivity index is 1.62. The number of hydrogen-bond donors (Lipinski definition) is 1. The van der Waals surface area contributed by atoms with Gasteiger partial charge in [-0.1, -0.05) is 18.2 Å². The van der Waals surface area contributed by atoms with Gasteiger partial charge in [0.05, 0.1) is 31.6 Å². The number of benzene rings is 2. The number of carbonyl (C=O) groups is 1. The van der Waals surface area contributed by atoms with E-state index in [2.05, 4.69) is 40.7 Å². The molecule has 1 atom stereocenters. The maximum atomic E-state index is 13.0. The molecule has 1 unspecified atom stereocenters. The second kappa shape index (κ2) is 11.4. The second-order valence-corrected chi connectivity index (χ2v) is 13.1. The predicted octanol–water partition coefficient (Wildman–Crippen LogP) is 6.53. The molecule has 6 rings (SSSR count). The van der Waals surface area contributed by atoms with E-state index in [1.54, 1.807) is 7.11 Å². The van der Waals surface area contributed by atoms with Gasteiger partial charge >= 0.3 is 5.97 Å². The van der Waals surface area contributed by atoms with Crippen molar-refractivity contribution >= 4 is 11.5 Å². The molecule has 3 aromatic rings. The van der Waals surface area contributed by atoms with Crippen LogP contribution in [0.1, 0.15) is 84.8 Å². The number of rotatable bonds is 7. The third kappa shape index (κ3) is 5.44. The van der Waals surface area contributed by atoms with Crippen molar-refractivity contribution in [3.8, 4) is 11.5 Å². The van der Waals surface area contributed by atoms with Gasteiger partial charge in [-0.15, -0.1) is 0 Å². The van der Waals surface area contributed by atoms with E-state index in [-0.39, 0.29) is 0 Å².